The van der Waals surface area contributed by atoms with Crippen molar-refractivity contribution in [1.29, 1.82) is 0 Å². The van der Waals surface area contributed by atoms with Gasteiger partial charge in [-0.25, -0.2) is 0 Å². The molecule has 1 fully saturated rings. The van der Waals surface area contributed by atoms with Crippen LogP contribution in [0.3, 0.4) is 0 Å². The molecule has 1 heteroatoms. The Hall–Kier alpha value is -1.60. The van der Waals surface area contributed by atoms with E-state index in [2.05, 4.69) is 73.3 Å². The molecule has 1 aliphatic heterocycles. The molecule has 1 saturated heterocycles. The molecule has 2 aromatic carbocycles. The minimum Gasteiger partial charge on any atom is -0.303 e. The van der Waals surface area contributed by atoms with Gasteiger partial charge in [0.05, 0.1) is 0 Å². The largest absolute Gasteiger partial charge is 0.303 e. The SMILES string of the molecule is CCCc1ccccc1C1(C)CCN(CCc2ccccc2)CC1. The van der Waals surface area contributed by atoms with Crippen molar-refractivity contribution >= 4 is 0 Å². The zero-order valence-electron chi connectivity index (χ0n) is 15.3. The van der Waals surface area contributed by atoms with Gasteiger partial charge in [0.1, 0.15) is 0 Å². The third-order valence-electron chi connectivity index (χ3n) is 5.71. The van der Waals surface area contributed by atoms with Gasteiger partial charge < -0.3 is 4.90 Å². The van der Waals surface area contributed by atoms with Crippen LogP contribution in [-0.4, -0.2) is 24.5 Å². The van der Waals surface area contributed by atoms with Crippen molar-refractivity contribution < 1.29 is 0 Å². The zero-order valence-corrected chi connectivity index (χ0v) is 15.3. The van der Waals surface area contributed by atoms with Crippen LogP contribution in [0.4, 0.5) is 0 Å². The van der Waals surface area contributed by atoms with Crippen molar-refractivity contribution in [1.82, 2.24) is 4.90 Å². The number of hydrogen-bond acceptors (Lipinski definition) is 1. The van der Waals surface area contributed by atoms with Crippen LogP contribution < -0.4 is 0 Å². The molecular weight excluding hydrogens is 290 g/mol. The molecule has 24 heavy (non-hydrogen) atoms. The van der Waals surface area contributed by atoms with E-state index >= 15 is 0 Å². The maximum absolute atomic E-state index is 2.65. The van der Waals surface area contributed by atoms with Crippen molar-refractivity contribution in [3.05, 3.63) is 71.3 Å². The van der Waals surface area contributed by atoms with E-state index in [1.807, 2.05) is 0 Å². The molecule has 0 amide bonds. The van der Waals surface area contributed by atoms with Crippen molar-refractivity contribution in [2.75, 3.05) is 19.6 Å². The second-order valence-electron chi connectivity index (χ2n) is 7.55. The smallest absolute Gasteiger partial charge is 0.00218 e. The van der Waals surface area contributed by atoms with E-state index in [4.69, 9.17) is 0 Å². The molecule has 0 N–H and O–H groups in total. The van der Waals surface area contributed by atoms with Crippen LogP contribution >= 0.6 is 0 Å². The molecule has 0 saturated carbocycles. The van der Waals surface area contributed by atoms with E-state index in [1.54, 1.807) is 11.1 Å². The Morgan fingerprint density at radius 1 is 0.875 bits per heavy atom. The standard InChI is InChI=1S/C23H31N/c1-3-9-21-12-7-8-13-22(21)23(2)15-18-24(19-16-23)17-14-20-10-5-4-6-11-20/h4-8,10-13H,3,9,14-19H2,1-2H3. The number of likely N-dealkylation sites (tertiary alicyclic amines) is 1. The van der Waals surface area contributed by atoms with Gasteiger partial charge in [-0.3, -0.25) is 0 Å². The van der Waals surface area contributed by atoms with Gasteiger partial charge in [-0.05, 0) is 60.9 Å². The summed E-state index contributed by atoms with van der Waals surface area (Å²) >= 11 is 0. The number of hydrogen-bond donors (Lipinski definition) is 0. The summed E-state index contributed by atoms with van der Waals surface area (Å²) in [5.74, 6) is 0. The van der Waals surface area contributed by atoms with Crippen molar-refractivity contribution in [3.63, 3.8) is 0 Å². The first-order valence-corrected chi connectivity index (χ1v) is 9.56. The summed E-state index contributed by atoms with van der Waals surface area (Å²) < 4.78 is 0. The summed E-state index contributed by atoms with van der Waals surface area (Å²) in [6.07, 6.45) is 6.18. The van der Waals surface area contributed by atoms with E-state index in [0.29, 0.717) is 5.41 Å². The molecule has 0 spiro atoms. The highest BCUT2D eigenvalue weighted by molar-refractivity contribution is 5.34. The molecule has 1 nitrogen and oxygen atoms in total. The molecule has 0 aliphatic carbocycles. The number of nitrogens with zero attached hydrogens (tertiary/aromatic N) is 1. The summed E-state index contributed by atoms with van der Waals surface area (Å²) in [6.45, 7) is 8.41. The fraction of sp³-hybridized carbons (Fsp3) is 0.478. The quantitative estimate of drug-likeness (QED) is 0.703. The minimum atomic E-state index is 0.356. The molecule has 0 radical (unpaired) electrons. The van der Waals surface area contributed by atoms with Crippen molar-refractivity contribution in [2.24, 2.45) is 0 Å². The third-order valence-corrected chi connectivity index (χ3v) is 5.71. The Labute approximate surface area is 147 Å². The van der Waals surface area contributed by atoms with Gasteiger partial charge in [-0.15, -0.1) is 0 Å². The Bertz CT molecular complexity index is 623. The van der Waals surface area contributed by atoms with Gasteiger partial charge in [-0.1, -0.05) is 74.9 Å². The highest BCUT2D eigenvalue weighted by Gasteiger charge is 2.32. The molecule has 1 heterocycles. The third kappa shape index (κ3) is 4.08. The lowest BCUT2D eigenvalue weighted by molar-refractivity contribution is 0.170. The average molecular weight is 322 g/mol. The number of rotatable bonds is 6. The summed E-state index contributed by atoms with van der Waals surface area (Å²) in [4.78, 5) is 2.65. The Morgan fingerprint density at radius 2 is 1.54 bits per heavy atom. The summed E-state index contributed by atoms with van der Waals surface area (Å²) in [5.41, 5.74) is 4.99. The fourth-order valence-electron chi connectivity index (χ4n) is 4.07. The number of aryl methyl sites for hydroxylation is 1. The normalized spacial score (nSPS) is 17.8. The van der Waals surface area contributed by atoms with Gasteiger partial charge in [0.25, 0.3) is 0 Å². The van der Waals surface area contributed by atoms with Crippen LogP contribution in [-0.2, 0) is 18.3 Å². The van der Waals surface area contributed by atoms with Crippen LogP contribution in [0.5, 0.6) is 0 Å². The fourth-order valence-corrected chi connectivity index (χ4v) is 4.07. The molecule has 3 rings (SSSR count). The summed E-state index contributed by atoms with van der Waals surface area (Å²) in [5, 5.41) is 0. The van der Waals surface area contributed by atoms with E-state index in [1.165, 1.54) is 57.3 Å². The van der Waals surface area contributed by atoms with Gasteiger partial charge >= 0.3 is 0 Å². The lowest BCUT2D eigenvalue weighted by atomic mass is 9.72. The molecular formula is C23H31N. The first kappa shape index (κ1) is 17.2. The maximum Gasteiger partial charge on any atom is 0.00218 e. The van der Waals surface area contributed by atoms with Gasteiger partial charge in [0.2, 0.25) is 0 Å². The van der Waals surface area contributed by atoms with E-state index in [0.717, 1.165) is 0 Å². The first-order valence-electron chi connectivity index (χ1n) is 9.56. The Kier molecular flexibility index (Phi) is 5.73. The Morgan fingerprint density at radius 3 is 2.25 bits per heavy atom. The van der Waals surface area contributed by atoms with Gasteiger partial charge in [0.15, 0.2) is 0 Å². The topological polar surface area (TPSA) is 3.24 Å². The Balaban J connectivity index is 1.59. The van der Waals surface area contributed by atoms with E-state index in [9.17, 15) is 0 Å². The molecule has 1 aliphatic rings. The van der Waals surface area contributed by atoms with Crippen molar-refractivity contribution in [2.45, 2.75) is 51.4 Å². The lowest BCUT2D eigenvalue weighted by Crippen LogP contribution is -2.42. The summed E-state index contributed by atoms with van der Waals surface area (Å²) in [7, 11) is 0. The summed E-state index contributed by atoms with van der Waals surface area (Å²) in [6, 6.07) is 20.0. The second kappa shape index (κ2) is 7.98. The molecule has 0 atom stereocenters. The predicted molar refractivity (Wildman–Crippen MR) is 104 cm³/mol. The minimum absolute atomic E-state index is 0.356. The molecule has 2 aromatic rings. The highest BCUT2D eigenvalue weighted by Crippen LogP contribution is 2.37. The highest BCUT2D eigenvalue weighted by atomic mass is 15.1. The number of piperidine rings is 1. The lowest BCUT2D eigenvalue weighted by Gasteiger charge is -2.41. The predicted octanol–water partition coefficient (Wildman–Crippen LogP) is 5.24. The van der Waals surface area contributed by atoms with Crippen LogP contribution in [0, 0.1) is 0 Å². The van der Waals surface area contributed by atoms with Gasteiger partial charge in [0, 0.05) is 6.54 Å². The van der Waals surface area contributed by atoms with Crippen LogP contribution in [0.1, 0.15) is 49.8 Å². The molecule has 0 unspecified atom stereocenters. The number of benzene rings is 2. The molecule has 0 aromatic heterocycles. The second-order valence-corrected chi connectivity index (χ2v) is 7.55. The van der Waals surface area contributed by atoms with Crippen LogP contribution in [0.25, 0.3) is 0 Å². The van der Waals surface area contributed by atoms with Gasteiger partial charge in [-0.2, -0.15) is 0 Å². The van der Waals surface area contributed by atoms with Crippen molar-refractivity contribution in [3.8, 4) is 0 Å². The molecule has 128 valence electrons. The van der Waals surface area contributed by atoms with E-state index in [-0.39, 0.29) is 0 Å². The van der Waals surface area contributed by atoms with E-state index < -0.39 is 0 Å². The van der Waals surface area contributed by atoms with Crippen LogP contribution in [0.2, 0.25) is 0 Å². The molecule has 0 bridgehead atoms. The monoisotopic (exact) mass is 321 g/mol. The average Bonchev–Trinajstić information content (AvgIpc) is 2.63. The maximum atomic E-state index is 2.65. The first-order chi connectivity index (χ1) is 11.7. The van der Waals surface area contributed by atoms with Crippen LogP contribution in [0.15, 0.2) is 54.6 Å². The zero-order chi connectivity index (χ0) is 16.8.